The van der Waals surface area contributed by atoms with Crippen LogP contribution in [-0.4, -0.2) is 18.8 Å². The maximum Gasteiger partial charge on any atom is 0.393 e. The third-order valence-electron chi connectivity index (χ3n) is 3.49. The Balaban J connectivity index is 1.96. The van der Waals surface area contributed by atoms with Gasteiger partial charge in [0.1, 0.15) is 11.6 Å². The van der Waals surface area contributed by atoms with Crippen molar-refractivity contribution in [1.29, 1.82) is 0 Å². The van der Waals surface area contributed by atoms with Crippen molar-refractivity contribution in [3.05, 3.63) is 35.4 Å². The molecule has 1 aliphatic heterocycles. The second kappa shape index (κ2) is 5.45. The van der Waals surface area contributed by atoms with E-state index in [2.05, 4.69) is 5.32 Å². The van der Waals surface area contributed by atoms with Gasteiger partial charge in [0.25, 0.3) is 0 Å². The van der Waals surface area contributed by atoms with Gasteiger partial charge in [0, 0.05) is 18.2 Å². The summed E-state index contributed by atoms with van der Waals surface area (Å²) in [4.78, 5) is 0. The highest BCUT2D eigenvalue weighted by atomic mass is 19.4. The number of benzene rings is 1. The molecule has 0 bridgehead atoms. The normalized spacial score (nSPS) is 24.5. The van der Waals surface area contributed by atoms with E-state index < -0.39 is 23.7 Å². The number of halogens is 5. The van der Waals surface area contributed by atoms with Gasteiger partial charge < -0.3 is 5.32 Å². The molecule has 0 amide bonds. The van der Waals surface area contributed by atoms with Gasteiger partial charge >= 0.3 is 6.18 Å². The molecule has 0 aromatic heterocycles. The Hall–Kier alpha value is -1.17. The molecule has 0 spiro atoms. The molecule has 1 N–H and O–H groups in total. The maximum absolute atomic E-state index is 13.4. The third kappa shape index (κ3) is 3.43. The Labute approximate surface area is 107 Å². The zero-order valence-electron chi connectivity index (χ0n) is 10.1. The van der Waals surface area contributed by atoms with Gasteiger partial charge in [-0.2, -0.15) is 13.2 Å². The molecule has 2 rings (SSSR count). The number of alkyl halides is 3. The van der Waals surface area contributed by atoms with Gasteiger partial charge in [-0.1, -0.05) is 6.07 Å². The zero-order valence-corrected chi connectivity index (χ0v) is 10.1. The minimum absolute atomic E-state index is 0.00274. The summed E-state index contributed by atoms with van der Waals surface area (Å²) in [5.74, 6) is -2.67. The summed E-state index contributed by atoms with van der Waals surface area (Å²) in [6.07, 6.45) is -3.88. The number of hydrogen-bond acceptors (Lipinski definition) is 1. The molecule has 106 valence electrons. The Bertz CT molecular complexity index is 415. The number of nitrogens with one attached hydrogen (secondary N) is 1. The third-order valence-corrected chi connectivity index (χ3v) is 3.49. The predicted molar refractivity (Wildman–Crippen MR) is 60.6 cm³/mol. The largest absolute Gasteiger partial charge is 0.393 e. The molecule has 0 aliphatic carbocycles. The van der Waals surface area contributed by atoms with E-state index in [0.29, 0.717) is 0 Å². The van der Waals surface area contributed by atoms with Crippen molar-refractivity contribution in [3.8, 4) is 0 Å². The summed E-state index contributed by atoms with van der Waals surface area (Å²) in [5, 5.41) is 2.73. The van der Waals surface area contributed by atoms with Crippen LogP contribution in [0.4, 0.5) is 22.0 Å². The quantitative estimate of drug-likeness (QED) is 0.818. The average molecular weight is 279 g/mol. The molecule has 1 nitrogen and oxygen atoms in total. The first-order valence-corrected chi connectivity index (χ1v) is 6.11. The van der Waals surface area contributed by atoms with Crippen LogP contribution in [0.5, 0.6) is 0 Å². The lowest BCUT2D eigenvalue weighted by Gasteiger charge is -2.31. The molecule has 19 heavy (non-hydrogen) atoms. The lowest BCUT2D eigenvalue weighted by atomic mass is 9.91. The van der Waals surface area contributed by atoms with Crippen molar-refractivity contribution < 1.29 is 22.0 Å². The zero-order chi connectivity index (χ0) is 14.0. The van der Waals surface area contributed by atoms with E-state index >= 15 is 0 Å². The highest BCUT2D eigenvalue weighted by Gasteiger charge is 2.41. The van der Waals surface area contributed by atoms with Crippen molar-refractivity contribution in [2.75, 3.05) is 6.54 Å². The maximum atomic E-state index is 13.4. The van der Waals surface area contributed by atoms with E-state index in [1.807, 2.05) is 0 Å². The molecule has 1 heterocycles. The first-order chi connectivity index (χ1) is 8.88. The van der Waals surface area contributed by atoms with Gasteiger partial charge in [-0.05, 0) is 31.4 Å². The van der Waals surface area contributed by atoms with E-state index in [9.17, 15) is 22.0 Å². The fraction of sp³-hybridized carbons (Fsp3) is 0.538. The fourth-order valence-corrected chi connectivity index (χ4v) is 2.34. The second-order valence-electron chi connectivity index (χ2n) is 4.83. The highest BCUT2D eigenvalue weighted by molar-refractivity contribution is 5.20. The summed E-state index contributed by atoms with van der Waals surface area (Å²) in [5.41, 5.74) is -0.0644. The van der Waals surface area contributed by atoms with Crippen molar-refractivity contribution in [2.45, 2.75) is 31.5 Å². The average Bonchev–Trinajstić information content (AvgIpc) is 2.33. The summed E-state index contributed by atoms with van der Waals surface area (Å²) in [6.45, 7) is -0.190. The van der Waals surface area contributed by atoms with E-state index in [-0.39, 0.29) is 37.4 Å². The molecular formula is C13H14F5N. The van der Waals surface area contributed by atoms with Gasteiger partial charge in [0.05, 0.1) is 5.92 Å². The Morgan fingerprint density at radius 1 is 1.11 bits per heavy atom. The van der Waals surface area contributed by atoms with Crippen LogP contribution in [0.15, 0.2) is 18.2 Å². The number of hydrogen-bond donors (Lipinski definition) is 1. The molecule has 2 atom stereocenters. The minimum Gasteiger partial charge on any atom is -0.313 e. The Kier molecular flexibility index (Phi) is 4.08. The highest BCUT2D eigenvalue weighted by Crippen LogP contribution is 2.32. The first-order valence-electron chi connectivity index (χ1n) is 6.11. The predicted octanol–water partition coefficient (Wildman–Crippen LogP) is 3.44. The van der Waals surface area contributed by atoms with E-state index in [0.717, 1.165) is 12.1 Å². The van der Waals surface area contributed by atoms with E-state index in [1.165, 1.54) is 6.07 Å². The van der Waals surface area contributed by atoms with Gasteiger partial charge in [-0.25, -0.2) is 8.78 Å². The van der Waals surface area contributed by atoms with Crippen molar-refractivity contribution in [3.63, 3.8) is 0 Å². The Morgan fingerprint density at radius 3 is 2.21 bits per heavy atom. The van der Waals surface area contributed by atoms with E-state index in [1.54, 1.807) is 0 Å². The number of piperidine rings is 1. The van der Waals surface area contributed by atoms with Gasteiger partial charge in [0.15, 0.2) is 0 Å². The summed E-state index contributed by atoms with van der Waals surface area (Å²) < 4.78 is 64.2. The molecule has 1 fully saturated rings. The second-order valence-corrected chi connectivity index (χ2v) is 4.83. The Morgan fingerprint density at radius 2 is 1.74 bits per heavy atom. The molecule has 1 aromatic rings. The smallest absolute Gasteiger partial charge is 0.313 e. The molecule has 0 saturated carbocycles. The number of rotatable bonds is 2. The van der Waals surface area contributed by atoms with Crippen LogP contribution in [0.3, 0.4) is 0 Å². The van der Waals surface area contributed by atoms with Crippen LogP contribution in [0, 0.1) is 17.6 Å². The van der Waals surface area contributed by atoms with Gasteiger partial charge in [-0.15, -0.1) is 0 Å². The first kappa shape index (κ1) is 14.2. The van der Waals surface area contributed by atoms with Crippen LogP contribution >= 0.6 is 0 Å². The van der Waals surface area contributed by atoms with Crippen LogP contribution in [0.2, 0.25) is 0 Å². The summed E-state index contributed by atoms with van der Waals surface area (Å²) in [6, 6.07) is 3.26. The van der Waals surface area contributed by atoms with E-state index in [4.69, 9.17) is 0 Å². The van der Waals surface area contributed by atoms with Crippen LogP contribution in [0.1, 0.15) is 18.4 Å². The van der Waals surface area contributed by atoms with Crippen LogP contribution in [0.25, 0.3) is 0 Å². The van der Waals surface area contributed by atoms with Crippen molar-refractivity contribution >= 4 is 0 Å². The summed E-state index contributed by atoms with van der Waals surface area (Å²) in [7, 11) is 0. The van der Waals surface area contributed by atoms with Crippen LogP contribution < -0.4 is 5.32 Å². The minimum atomic E-state index is -4.21. The van der Waals surface area contributed by atoms with Gasteiger partial charge in [-0.3, -0.25) is 0 Å². The standard InChI is InChI=1S/C13H14F5N/c14-11-2-1-3-12(15)10(11)6-9-5-4-8(7-19-9)13(16,17)18/h1-3,8-9,19H,4-7H2. The molecule has 0 radical (unpaired) electrons. The SMILES string of the molecule is Fc1cccc(F)c1CC1CCC(C(F)(F)F)CN1. The molecule has 1 saturated heterocycles. The van der Waals surface area contributed by atoms with Gasteiger partial charge in [0.2, 0.25) is 0 Å². The van der Waals surface area contributed by atoms with Crippen LogP contribution in [-0.2, 0) is 6.42 Å². The van der Waals surface area contributed by atoms with Crippen molar-refractivity contribution in [2.24, 2.45) is 5.92 Å². The summed E-state index contributed by atoms with van der Waals surface area (Å²) >= 11 is 0. The molecule has 1 aromatic carbocycles. The fourth-order valence-electron chi connectivity index (χ4n) is 2.34. The lowest BCUT2D eigenvalue weighted by molar-refractivity contribution is -0.179. The van der Waals surface area contributed by atoms with Crippen molar-refractivity contribution in [1.82, 2.24) is 5.32 Å². The monoisotopic (exact) mass is 279 g/mol. The lowest BCUT2D eigenvalue weighted by Crippen LogP contribution is -2.45. The topological polar surface area (TPSA) is 12.0 Å². The molecule has 1 aliphatic rings. The molecule has 2 unspecified atom stereocenters. The molecule has 6 heteroatoms. The molecular weight excluding hydrogens is 265 g/mol.